The van der Waals surface area contributed by atoms with Gasteiger partial charge in [-0.05, 0) is 18.6 Å². The number of halogens is 3. The van der Waals surface area contributed by atoms with Crippen molar-refractivity contribution in [2.75, 3.05) is 0 Å². The van der Waals surface area contributed by atoms with Gasteiger partial charge in [0.25, 0.3) is 6.43 Å². The molecule has 0 radical (unpaired) electrons. The third-order valence-electron chi connectivity index (χ3n) is 1.75. The molecule has 0 unspecified atom stereocenters. The summed E-state index contributed by atoms with van der Waals surface area (Å²) in [7, 11) is 0. The summed E-state index contributed by atoms with van der Waals surface area (Å²) in [6, 6.07) is 3.33. The fourth-order valence-corrected chi connectivity index (χ4v) is 1.48. The summed E-state index contributed by atoms with van der Waals surface area (Å²) in [5, 5.41) is 8.18. The third kappa shape index (κ3) is 2.18. The van der Waals surface area contributed by atoms with Crippen molar-refractivity contribution in [2.24, 2.45) is 0 Å². The van der Waals surface area contributed by atoms with Gasteiger partial charge in [-0.2, -0.15) is 5.26 Å². The average Bonchev–Trinajstić information content (AvgIpc) is 2.01. The fourth-order valence-electron chi connectivity index (χ4n) is 1.14. The Labute approximate surface area is 85.1 Å². The van der Waals surface area contributed by atoms with Gasteiger partial charge >= 0.3 is 0 Å². The molecule has 1 heterocycles. The molecule has 1 aromatic heterocycles. The van der Waals surface area contributed by atoms with E-state index in [9.17, 15) is 8.78 Å². The lowest BCUT2D eigenvalue weighted by atomic mass is 10.1. The standard InChI is InChI=1S/C9H7ClF2N2/c1-5-4-6(2-3-13)14-8(10)7(5)9(11)12/h4,9H,2H2,1H3. The molecule has 0 aliphatic rings. The second kappa shape index (κ2) is 4.34. The summed E-state index contributed by atoms with van der Waals surface area (Å²) in [6.07, 6.45) is -2.56. The summed E-state index contributed by atoms with van der Waals surface area (Å²) in [5.74, 6) is 0. The van der Waals surface area contributed by atoms with E-state index in [2.05, 4.69) is 4.98 Å². The molecule has 1 aromatic rings. The second-order valence-electron chi connectivity index (χ2n) is 2.77. The van der Waals surface area contributed by atoms with Crippen LogP contribution in [0.4, 0.5) is 8.78 Å². The molecule has 14 heavy (non-hydrogen) atoms. The zero-order valence-electron chi connectivity index (χ0n) is 7.39. The molecule has 0 fully saturated rings. The Morgan fingerprint density at radius 3 is 2.71 bits per heavy atom. The van der Waals surface area contributed by atoms with Gasteiger partial charge in [0.2, 0.25) is 0 Å². The molecule has 0 saturated heterocycles. The van der Waals surface area contributed by atoms with Gasteiger partial charge in [-0.3, -0.25) is 0 Å². The van der Waals surface area contributed by atoms with Crippen LogP contribution in [0.2, 0.25) is 5.15 Å². The zero-order valence-corrected chi connectivity index (χ0v) is 8.15. The van der Waals surface area contributed by atoms with Crippen LogP contribution in [-0.2, 0) is 6.42 Å². The van der Waals surface area contributed by atoms with Gasteiger partial charge in [0.1, 0.15) is 5.15 Å². The van der Waals surface area contributed by atoms with Crippen molar-refractivity contribution in [1.82, 2.24) is 4.98 Å². The highest BCUT2D eigenvalue weighted by Gasteiger charge is 2.16. The molecule has 5 heteroatoms. The zero-order chi connectivity index (χ0) is 10.7. The van der Waals surface area contributed by atoms with Gasteiger partial charge in [-0.25, -0.2) is 13.8 Å². The predicted molar refractivity (Wildman–Crippen MR) is 48.3 cm³/mol. The van der Waals surface area contributed by atoms with Crippen LogP contribution in [0.5, 0.6) is 0 Å². The molecule has 0 atom stereocenters. The van der Waals surface area contributed by atoms with Gasteiger partial charge < -0.3 is 0 Å². The van der Waals surface area contributed by atoms with Crippen molar-refractivity contribution in [3.63, 3.8) is 0 Å². The maximum Gasteiger partial charge on any atom is 0.267 e. The SMILES string of the molecule is Cc1cc(CC#N)nc(Cl)c1C(F)F. The monoisotopic (exact) mass is 216 g/mol. The van der Waals surface area contributed by atoms with Crippen LogP contribution < -0.4 is 0 Å². The Morgan fingerprint density at radius 1 is 1.64 bits per heavy atom. The number of aryl methyl sites for hydroxylation is 1. The van der Waals surface area contributed by atoms with Gasteiger partial charge in [0.05, 0.1) is 23.7 Å². The minimum absolute atomic E-state index is 0.0735. The molecule has 0 amide bonds. The predicted octanol–water partition coefficient (Wildman–Crippen LogP) is 3.05. The molecule has 0 spiro atoms. The first-order valence-electron chi connectivity index (χ1n) is 3.87. The molecule has 0 aliphatic carbocycles. The van der Waals surface area contributed by atoms with Crippen molar-refractivity contribution in [1.29, 1.82) is 5.26 Å². The number of hydrogen-bond acceptors (Lipinski definition) is 2. The van der Waals surface area contributed by atoms with E-state index in [0.29, 0.717) is 11.3 Å². The molecular formula is C9H7ClF2N2. The van der Waals surface area contributed by atoms with Gasteiger partial charge in [0, 0.05) is 0 Å². The minimum Gasteiger partial charge on any atom is -0.240 e. The molecule has 2 nitrogen and oxygen atoms in total. The van der Waals surface area contributed by atoms with E-state index >= 15 is 0 Å². The topological polar surface area (TPSA) is 36.7 Å². The second-order valence-corrected chi connectivity index (χ2v) is 3.13. The normalized spacial score (nSPS) is 10.3. The highest BCUT2D eigenvalue weighted by Crippen LogP contribution is 2.29. The Kier molecular flexibility index (Phi) is 3.37. The molecule has 0 aromatic carbocycles. The summed E-state index contributed by atoms with van der Waals surface area (Å²) in [5.41, 5.74) is 0.526. The number of alkyl halides is 2. The molecule has 0 aliphatic heterocycles. The largest absolute Gasteiger partial charge is 0.267 e. The van der Waals surface area contributed by atoms with Crippen LogP contribution in [0.3, 0.4) is 0 Å². The van der Waals surface area contributed by atoms with Crippen molar-refractivity contribution >= 4 is 11.6 Å². The molecule has 74 valence electrons. The van der Waals surface area contributed by atoms with E-state index in [4.69, 9.17) is 16.9 Å². The summed E-state index contributed by atoms with van der Waals surface area (Å²) < 4.78 is 24.8. The lowest BCUT2D eigenvalue weighted by Gasteiger charge is -2.07. The van der Waals surface area contributed by atoms with Crippen molar-refractivity contribution in [2.45, 2.75) is 19.8 Å². The van der Waals surface area contributed by atoms with Crippen molar-refractivity contribution < 1.29 is 8.78 Å². The van der Waals surface area contributed by atoms with Crippen LogP contribution in [0.25, 0.3) is 0 Å². The molecule has 1 rings (SSSR count). The van der Waals surface area contributed by atoms with Crippen LogP contribution in [0, 0.1) is 18.3 Å². The van der Waals surface area contributed by atoms with E-state index < -0.39 is 6.43 Å². The Morgan fingerprint density at radius 2 is 2.29 bits per heavy atom. The van der Waals surface area contributed by atoms with Gasteiger partial charge in [-0.1, -0.05) is 11.6 Å². The van der Waals surface area contributed by atoms with E-state index in [1.165, 1.54) is 13.0 Å². The first-order valence-corrected chi connectivity index (χ1v) is 4.25. The molecule has 0 saturated carbocycles. The van der Waals surface area contributed by atoms with E-state index in [1.54, 1.807) is 0 Å². The summed E-state index contributed by atoms with van der Waals surface area (Å²) in [4.78, 5) is 3.71. The van der Waals surface area contributed by atoms with Gasteiger partial charge in [-0.15, -0.1) is 0 Å². The Bertz CT molecular complexity index is 362. The van der Waals surface area contributed by atoms with Crippen LogP contribution in [0.1, 0.15) is 23.2 Å². The Balaban J connectivity index is 3.19. The number of nitriles is 1. The molecular weight excluding hydrogens is 210 g/mol. The number of nitrogens with zero attached hydrogens (tertiary/aromatic N) is 2. The van der Waals surface area contributed by atoms with Gasteiger partial charge in [0.15, 0.2) is 0 Å². The third-order valence-corrected chi connectivity index (χ3v) is 2.04. The first-order chi connectivity index (χ1) is 6.56. The lowest BCUT2D eigenvalue weighted by molar-refractivity contribution is 0.150. The number of aromatic nitrogens is 1. The summed E-state index contributed by atoms with van der Waals surface area (Å²) in [6.45, 7) is 1.52. The van der Waals surface area contributed by atoms with Crippen LogP contribution in [-0.4, -0.2) is 4.98 Å². The smallest absolute Gasteiger partial charge is 0.240 e. The fraction of sp³-hybridized carbons (Fsp3) is 0.333. The van der Waals surface area contributed by atoms with Crippen molar-refractivity contribution in [3.05, 3.63) is 28.0 Å². The summed E-state index contributed by atoms with van der Waals surface area (Å²) >= 11 is 5.56. The van der Waals surface area contributed by atoms with Crippen molar-refractivity contribution in [3.8, 4) is 6.07 Å². The van der Waals surface area contributed by atoms with Crippen LogP contribution in [0.15, 0.2) is 6.07 Å². The maximum absolute atomic E-state index is 12.4. The number of pyridine rings is 1. The van der Waals surface area contributed by atoms with Crippen LogP contribution >= 0.6 is 11.6 Å². The number of hydrogen-bond donors (Lipinski definition) is 0. The average molecular weight is 217 g/mol. The quantitative estimate of drug-likeness (QED) is 0.713. The number of rotatable bonds is 2. The molecule has 0 N–H and O–H groups in total. The minimum atomic E-state index is -2.63. The lowest BCUT2D eigenvalue weighted by Crippen LogP contribution is -1.98. The van der Waals surface area contributed by atoms with E-state index in [0.717, 1.165) is 0 Å². The first kappa shape index (κ1) is 10.9. The Hall–Kier alpha value is -1.21. The highest BCUT2D eigenvalue weighted by atomic mass is 35.5. The van der Waals surface area contributed by atoms with E-state index in [-0.39, 0.29) is 17.1 Å². The molecule has 0 bridgehead atoms. The maximum atomic E-state index is 12.4. The highest BCUT2D eigenvalue weighted by molar-refractivity contribution is 6.30. The van der Waals surface area contributed by atoms with E-state index in [1.807, 2.05) is 6.07 Å².